The van der Waals surface area contributed by atoms with E-state index in [0.29, 0.717) is 11.4 Å². The first-order valence-corrected chi connectivity index (χ1v) is 4.94. The Morgan fingerprint density at radius 3 is 2.57 bits per heavy atom. The van der Waals surface area contributed by atoms with Crippen molar-refractivity contribution in [2.45, 2.75) is 9.99 Å². The zero-order valence-electron chi connectivity index (χ0n) is 7.44. The van der Waals surface area contributed by atoms with Gasteiger partial charge < -0.3 is 15.9 Å². The van der Waals surface area contributed by atoms with Crippen LogP contribution in [0.2, 0.25) is 0 Å². The van der Waals surface area contributed by atoms with Gasteiger partial charge in [-0.1, -0.05) is 11.8 Å². The summed E-state index contributed by atoms with van der Waals surface area (Å²) >= 11 is 1.51. The van der Waals surface area contributed by atoms with Crippen molar-refractivity contribution in [1.29, 1.82) is 0 Å². The van der Waals surface area contributed by atoms with Crippen LogP contribution in [0, 0.1) is 0 Å². The van der Waals surface area contributed by atoms with Crippen molar-refractivity contribution in [3.05, 3.63) is 36.6 Å². The first-order valence-electron chi connectivity index (χ1n) is 4.12. The molecule has 4 heteroatoms. The molecule has 0 spiro atoms. The first-order chi connectivity index (χ1) is 6.75. The summed E-state index contributed by atoms with van der Waals surface area (Å²) in [6, 6.07) is 9.29. The largest absolute Gasteiger partial charge is 0.458 e. The van der Waals surface area contributed by atoms with Gasteiger partial charge >= 0.3 is 0 Å². The van der Waals surface area contributed by atoms with Crippen molar-refractivity contribution >= 4 is 23.1 Å². The van der Waals surface area contributed by atoms with Crippen LogP contribution in [-0.4, -0.2) is 0 Å². The van der Waals surface area contributed by atoms with E-state index in [1.54, 1.807) is 12.3 Å². The van der Waals surface area contributed by atoms with Gasteiger partial charge in [-0.05, 0) is 30.3 Å². The van der Waals surface area contributed by atoms with E-state index in [0.717, 1.165) is 9.99 Å². The molecular weight excluding hydrogens is 196 g/mol. The van der Waals surface area contributed by atoms with E-state index in [1.165, 1.54) is 11.8 Å². The fourth-order valence-electron chi connectivity index (χ4n) is 1.05. The van der Waals surface area contributed by atoms with Crippen LogP contribution >= 0.6 is 11.8 Å². The predicted octanol–water partition coefficient (Wildman–Crippen LogP) is 2.60. The SMILES string of the molecule is Nc1ccc(Sc2ccco2)cc1N. The van der Waals surface area contributed by atoms with E-state index >= 15 is 0 Å². The molecule has 2 aromatic rings. The van der Waals surface area contributed by atoms with Gasteiger partial charge in [-0.3, -0.25) is 0 Å². The van der Waals surface area contributed by atoms with Gasteiger partial charge in [0, 0.05) is 4.90 Å². The Kier molecular flexibility index (Phi) is 2.37. The zero-order chi connectivity index (χ0) is 9.97. The molecular formula is C10H10N2OS. The second kappa shape index (κ2) is 3.67. The fraction of sp³-hybridized carbons (Fsp3) is 0. The van der Waals surface area contributed by atoms with Crippen molar-refractivity contribution < 1.29 is 4.42 Å². The van der Waals surface area contributed by atoms with Gasteiger partial charge in [-0.15, -0.1) is 0 Å². The molecule has 0 bridgehead atoms. The molecule has 1 heterocycles. The minimum atomic E-state index is 0.599. The Morgan fingerprint density at radius 1 is 1.07 bits per heavy atom. The predicted molar refractivity (Wildman–Crippen MR) is 58.1 cm³/mol. The number of rotatable bonds is 2. The smallest absolute Gasteiger partial charge is 0.164 e. The van der Waals surface area contributed by atoms with Crippen LogP contribution in [-0.2, 0) is 0 Å². The van der Waals surface area contributed by atoms with Gasteiger partial charge in [0.15, 0.2) is 5.09 Å². The van der Waals surface area contributed by atoms with Crippen molar-refractivity contribution in [2.75, 3.05) is 11.5 Å². The molecule has 0 atom stereocenters. The van der Waals surface area contributed by atoms with Gasteiger partial charge in [0.25, 0.3) is 0 Å². The molecule has 14 heavy (non-hydrogen) atoms. The average molecular weight is 206 g/mol. The zero-order valence-corrected chi connectivity index (χ0v) is 8.25. The molecule has 2 rings (SSSR count). The molecule has 4 N–H and O–H groups in total. The van der Waals surface area contributed by atoms with Gasteiger partial charge in [0.1, 0.15) is 0 Å². The van der Waals surface area contributed by atoms with Gasteiger partial charge in [-0.25, -0.2) is 0 Å². The minimum Gasteiger partial charge on any atom is -0.458 e. The third kappa shape index (κ3) is 1.85. The highest BCUT2D eigenvalue weighted by Crippen LogP contribution is 2.30. The van der Waals surface area contributed by atoms with E-state index in [-0.39, 0.29) is 0 Å². The molecule has 3 nitrogen and oxygen atoms in total. The molecule has 72 valence electrons. The van der Waals surface area contributed by atoms with Gasteiger partial charge in [-0.2, -0.15) is 0 Å². The van der Waals surface area contributed by atoms with Crippen molar-refractivity contribution in [1.82, 2.24) is 0 Å². The maximum atomic E-state index is 5.68. The Morgan fingerprint density at radius 2 is 1.93 bits per heavy atom. The standard InChI is InChI=1S/C10H10N2OS/c11-8-4-3-7(6-9(8)12)14-10-2-1-5-13-10/h1-6H,11-12H2. The molecule has 0 amide bonds. The highest BCUT2D eigenvalue weighted by Gasteiger charge is 2.01. The number of nitrogen functional groups attached to an aromatic ring is 2. The molecule has 1 aromatic carbocycles. The van der Waals surface area contributed by atoms with Gasteiger partial charge in [0.2, 0.25) is 0 Å². The van der Waals surface area contributed by atoms with Crippen LogP contribution in [0.1, 0.15) is 0 Å². The van der Waals surface area contributed by atoms with E-state index in [4.69, 9.17) is 15.9 Å². The monoisotopic (exact) mass is 206 g/mol. The highest BCUT2D eigenvalue weighted by molar-refractivity contribution is 7.99. The lowest BCUT2D eigenvalue weighted by molar-refractivity contribution is 0.474. The molecule has 0 unspecified atom stereocenters. The van der Waals surface area contributed by atoms with E-state index in [9.17, 15) is 0 Å². The van der Waals surface area contributed by atoms with Crippen molar-refractivity contribution in [3.8, 4) is 0 Å². The van der Waals surface area contributed by atoms with Crippen LogP contribution in [0.5, 0.6) is 0 Å². The van der Waals surface area contributed by atoms with E-state index < -0.39 is 0 Å². The normalized spacial score (nSPS) is 10.3. The molecule has 0 saturated carbocycles. The number of anilines is 2. The number of hydrogen-bond donors (Lipinski definition) is 2. The Balaban J connectivity index is 2.22. The number of hydrogen-bond acceptors (Lipinski definition) is 4. The summed E-state index contributed by atoms with van der Waals surface area (Å²) in [5.41, 5.74) is 12.5. The second-order valence-electron chi connectivity index (χ2n) is 2.82. The fourth-order valence-corrected chi connectivity index (χ4v) is 1.86. The Hall–Kier alpha value is -1.55. The quantitative estimate of drug-likeness (QED) is 0.741. The Labute approximate surface area is 86.1 Å². The first kappa shape index (κ1) is 9.02. The van der Waals surface area contributed by atoms with Gasteiger partial charge in [0.05, 0.1) is 17.6 Å². The molecule has 0 aliphatic rings. The minimum absolute atomic E-state index is 0.599. The van der Waals surface area contributed by atoms with E-state index in [2.05, 4.69) is 0 Å². The summed E-state index contributed by atoms with van der Waals surface area (Å²) in [6.07, 6.45) is 1.64. The van der Waals surface area contributed by atoms with Crippen molar-refractivity contribution in [3.63, 3.8) is 0 Å². The molecule has 0 aliphatic heterocycles. The maximum Gasteiger partial charge on any atom is 0.164 e. The Bertz CT molecular complexity index is 426. The third-order valence-electron chi connectivity index (χ3n) is 1.77. The van der Waals surface area contributed by atoms with Crippen LogP contribution in [0.15, 0.2) is 51.0 Å². The molecule has 0 radical (unpaired) electrons. The maximum absolute atomic E-state index is 5.68. The van der Waals surface area contributed by atoms with Crippen LogP contribution in [0.4, 0.5) is 11.4 Å². The third-order valence-corrected chi connectivity index (χ3v) is 2.69. The average Bonchev–Trinajstić information content (AvgIpc) is 2.64. The highest BCUT2D eigenvalue weighted by atomic mass is 32.2. The number of furan rings is 1. The summed E-state index contributed by atoms with van der Waals surface area (Å²) in [5, 5.41) is 0.842. The molecule has 0 fully saturated rings. The van der Waals surface area contributed by atoms with E-state index in [1.807, 2.05) is 24.3 Å². The summed E-state index contributed by atoms with van der Waals surface area (Å²) in [7, 11) is 0. The lowest BCUT2D eigenvalue weighted by Gasteiger charge is -2.02. The second-order valence-corrected chi connectivity index (χ2v) is 3.90. The number of nitrogens with two attached hydrogens (primary N) is 2. The lowest BCUT2D eigenvalue weighted by Crippen LogP contribution is -1.93. The summed E-state index contributed by atoms with van der Waals surface area (Å²) < 4.78 is 5.20. The topological polar surface area (TPSA) is 65.2 Å². The molecule has 0 saturated heterocycles. The van der Waals surface area contributed by atoms with Crippen LogP contribution in [0.3, 0.4) is 0 Å². The number of benzene rings is 1. The lowest BCUT2D eigenvalue weighted by atomic mass is 10.3. The van der Waals surface area contributed by atoms with Crippen molar-refractivity contribution in [2.24, 2.45) is 0 Å². The van der Waals surface area contributed by atoms with Crippen LogP contribution < -0.4 is 11.5 Å². The van der Waals surface area contributed by atoms with Crippen LogP contribution in [0.25, 0.3) is 0 Å². The molecule has 0 aliphatic carbocycles. The summed E-state index contributed by atoms with van der Waals surface area (Å²) in [4.78, 5) is 1.02. The summed E-state index contributed by atoms with van der Waals surface area (Å²) in [6.45, 7) is 0. The summed E-state index contributed by atoms with van der Waals surface area (Å²) in [5.74, 6) is 0. The molecule has 1 aromatic heterocycles.